The highest BCUT2D eigenvalue weighted by Gasteiger charge is 2.35. The first-order chi connectivity index (χ1) is 18.7. The summed E-state index contributed by atoms with van der Waals surface area (Å²) in [5.74, 6) is -0.748. The molecule has 0 bridgehead atoms. The Morgan fingerprint density at radius 2 is 1.87 bits per heavy atom. The number of amides is 2. The van der Waals surface area contributed by atoms with Crippen molar-refractivity contribution in [2.45, 2.75) is 46.5 Å². The van der Waals surface area contributed by atoms with E-state index < -0.39 is 11.8 Å². The van der Waals surface area contributed by atoms with Gasteiger partial charge in [-0.05, 0) is 106 Å². The highest BCUT2D eigenvalue weighted by Crippen LogP contribution is 2.39. The molecule has 2 amide bonds. The summed E-state index contributed by atoms with van der Waals surface area (Å²) >= 11 is 6.95. The number of nitrogens with zero attached hydrogens (tertiary/aromatic N) is 2. The molecule has 8 nitrogen and oxygen atoms in total. The van der Waals surface area contributed by atoms with Crippen molar-refractivity contribution in [3.8, 4) is 10.8 Å². The maximum Gasteiger partial charge on any atom is 0.341 e. The number of benzene rings is 1. The van der Waals surface area contributed by atoms with Crippen LogP contribution in [0.5, 0.6) is 5.75 Å². The first-order valence-corrected chi connectivity index (χ1v) is 14.0. The lowest BCUT2D eigenvalue weighted by Gasteiger charge is -2.29. The van der Waals surface area contributed by atoms with Gasteiger partial charge in [0, 0.05) is 16.3 Å². The number of anilines is 1. The quantitative estimate of drug-likeness (QED) is 0.195. The smallest absolute Gasteiger partial charge is 0.341 e. The molecule has 1 aromatic carbocycles. The summed E-state index contributed by atoms with van der Waals surface area (Å²) in [4.78, 5) is 41.9. The average molecular weight is 564 g/mol. The summed E-state index contributed by atoms with van der Waals surface area (Å²) in [5, 5.41) is 3.47. The fourth-order valence-corrected chi connectivity index (χ4v) is 6.94. The molecule has 3 heterocycles. The SMILES string of the molecule is CCOc1ccc(N2C(=O)/C(=C/c3cc(C)n(-c4sc5c(c4C(=O)OC)CCCC5)c3C)C(=O)NC2=S)cc1. The van der Waals surface area contributed by atoms with Crippen LogP contribution in [0.25, 0.3) is 11.1 Å². The van der Waals surface area contributed by atoms with Crippen LogP contribution in [-0.4, -0.2) is 41.2 Å². The maximum absolute atomic E-state index is 13.6. The lowest BCUT2D eigenvalue weighted by Crippen LogP contribution is -2.54. The third-order valence-electron chi connectivity index (χ3n) is 7.02. The first kappa shape index (κ1) is 26.8. The minimum Gasteiger partial charge on any atom is -0.494 e. The normalized spacial score (nSPS) is 16.4. The van der Waals surface area contributed by atoms with Gasteiger partial charge in [-0.25, -0.2) is 4.79 Å². The predicted octanol–water partition coefficient (Wildman–Crippen LogP) is 5.05. The van der Waals surface area contributed by atoms with E-state index in [4.69, 9.17) is 21.7 Å². The Labute approximate surface area is 236 Å². The van der Waals surface area contributed by atoms with Gasteiger partial charge in [0.2, 0.25) is 0 Å². The van der Waals surface area contributed by atoms with Crippen molar-refractivity contribution in [2.24, 2.45) is 0 Å². The molecule has 0 atom stereocenters. The average Bonchev–Trinajstić information content (AvgIpc) is 3.42. The van der Waals surface area contributed by atoms with Crippen molar-refractivity contribution in [3.63, 3.8) is 0 Å². The van der Waals surface area contributed by atoms with Gasteiger partial charge in [-0.15, -0.1) is 11.3 Å². The number of aromatic nitrogens is 1. The monoisotopic (exact) mass is 563 g/mol. The zero-order valence-electron chi connectivity index (χ0n) is 22.3. The lowest BCUT2D eigenvalue weighted by molar-refractivity contribution is -0.122. The second-order valence-electron chi connectivity index (χ2n) is 9.43. The summed E-state index contributed by atoms with van der Waals surface area (Å²) < 4.78 is 12.7. The number of carbonyl (C=O) groups excluding carboxylic acids is 3. The second-order valence-corrected chi connectivity index (χ2v) is 10.9. The Balaban J connectivity index is 1.55. The van der Waals surface area contributed by atoms with Gasteiger partial charge < -0.3 is 14.0 Å². The number of hydrogen-bond acceptors (Lipinski definition) is 7. The van der Waals surface area contributed by atoms with Crippen LogP contribution in [0, 0.1) is 13.8 Å². The van der Waals surface area contributed by atoms with Crippen molar-refractivity contribution < 1.29 is 23.9 Å². The van der Waals surface area contributed by atoms with Gasteiger partial charge in [0.05, 0.1) is 25.0 Å². The van der Waals surface area contributed by atoms with E-state index in [-0.39, 0.29) is 16.7 Å². The van der Waals surface area contributed by atoms with Crippen molar-refractivity contribution in [1.29, 1.82) is 0 Å². The number of thiophene rings is 1. The number of hydrogen-bond donors (Lipinski definition) is 1. The maximum atomic E-state index is 13.6. The summed E-state index contributed by atoms with van der Waals surface area (Å²) in [7, 11) is 1.40. The lowest BCUT2D eigenvalue weighted by atomic mass is 9.95. The van der Waals surface area contributed by atoms with E-state index in [1.165, 1.54) is 16.9 Å². The Morgan fingerprint density at radius 1 is 1.15 bits per heavy atom. The Morgan fingerprint density at radius 3 is 2.56 bits per heavy atom. The highest BCUT2D eigenvalue weighted by molar-refractivity contribution is 7.80. The van der Waals surface area contributed by atoms with Crippen LogP contribution in [0.4, 0.5) is 5.69 Å². The van der Waals surface area contributed by atoms with Gasteiger partial charge >= 0.3 is 5.97 Å². The van der Waals surface area contributed by atoms with Crippen LogP contribution < -0.4 is 15.0 Å². The van der Waals surface area contributed by atoms with E-state index in [1.807, 2.05) is 31.4 Å². The number of rotatable bonds is 6. The molecular formula is C29H29N3O5S2. The third kappa shape index (κ3) is 4.79. The van der Waals surface area contributed by atoms with E-state index >= 15 is 0 Å². The Hall–Kier alpha value is -3.76. The molecule has 1 aliphatic carbocycles. The molecule has 3 aromatic rings. The summed E-state index contributed by atoms with van der Waals surface area (Å²) in [6, 6.07) is 8.87. The van der Waals surface area contributed by atoms with Crippen LogP contribution in [0.1, 0.15) is 57.5 Å². The molecule has 5 rings (SSSR count). The fraction of sp³-hybridized carbons (Fsp3) is 0.310. The zero-order chi connectivity index (χ0) is 27.8. The van der Waals surface area contributed by atoms with Gasteiger partial charge in [-0.2, -0.15) is 0 Å². The van der Waals surface area contributed by atoms with Crippen molar-refractivity contribution in [3.05, 3.63) is 68.9 Å². The molecule has 2 aliphatic rings. The second kappa shape index (κ2) is 10.8. The van der Waals surface area contributed by atoms with Gasteiger partial charge in [0.15, 0.2) is 5.11 Å². The third-order valence-corrected chi connectivity index (χ3v) is 8.58. The first-order valence-electron chi connectivity index (χ1n) is 12.8. The molecule has 39 heavy (non-hydrogen) atoms. The fourth-order valence-electron chi connectivity index (χ4n) is 5.17. The van der Waals surface area contributed by atoms with Crippen LogP contribution in [0.3, 0.4) is 0 Å². The largest absolute Gasteiger partial charge is 0.494 e. The zero-order valence-corrected chi connectivity index (χ0v) is 23.9. The molecule has 202 valence electrons. The number of carbonyl (C=O) groups is 3. The minimum atomic E-state index is -0.557. The number of aryl methyl sites for hydroxylation is 2. The summed E-state index contributed by atoms with van der Waals surface area (Å²) in [6.45, 7) is 6.28. The standard InChI is InChI=1S/C29H29N3O5S2/c1-5-37-20-12-10-19(11-13-20)32-26(34)22(25(33)30-29(32)38)15-18-14-16(2)31(17(18)3)27-24(28(35)36-4)21-8-6-7-9-23(21)39-27/h10-15H,5-9H2,1-4H3,(H,30,33,38)/b22-15+. The summed E-state index contributed by atoms with van der Waals surface area (Å²) in [5.41, 5.74) is 4.56. The molecule has 0 spiro atoms. The molecule has 10 heteroatoms. The molecule has 1 fully saturated rings. The van der Waals surface area contributed by atoms with E-state index in [0.29, 0.717) is 29.2 Å². The minimum absolute atomic E-state index is 0.0173. The van der Waals surface area contributed by atoms with Crippen LogP contribution in [0.2, 0.25) is 0 Å². The number of nitrogens with one attached hydrogen (secondary N) is 1. The summed E-state index contributed by atoms with van der Waals surface area (Å²) in [6.07, 6.45) is 5.51. The van der Waals surface area contributed by atoms with Crippen LogP contribution in [0.15, 0.2) is 35.9 Å². The molecule has 0 saturated carbocycles. The molecular weight excluding hydrogens is 534 g/mol. The highest BCUT2D eigenvalue weighted by atomic mass is 32.1. The number of esters is 1. The van der Waals surface area contributed by atoms with Gasteiger partial charge in [-0.3, -0.25) is 19.8 Å². The number of thiocarbonyl (C=S) groups is 1. The van der Waals surface area contributed by atoms with Gasteiger partial charge in [0.25, 0.3) is 11.8 Å². The van der Waals surface area contributed by atoms with Crippen LogP contribution in [-0.2, 0) is 27.2 Å². The van der Waals surface area contributed by atoms with E-state index in [1.54, 1.807) is 41.7 Å². The Bertz CT molecular complexity index is 1530. The van der Waals surface area contributed by atoms with E-state index in [0.717, 1.165) is 47.6 Å². The molecule has 0 unspecified atom stereocenters. The molecule has 0 radical (unpaired) electrons. The number of ether oxygens (including phenoxy) is 2. The molecule has 1 N–H and O–H groups in total. The van der Waals surface area contributed by atoms with Crippen molar-refractivity contribution in [1.82, 2.24) is 9.88 Å². The predicted molar refractivity (Wildman–Crippen MR) is 155 cm³/mol. The van der Waals surface area contributed by atoms with E-state index in [9.17, 15) is 14.4 Å². The number of fused-ring (bicyclic) bond motifs is 1. The topological polar surface area (TPSA) is 89.9 Å². The molecule has 1 saturated heterocycles. The van der Waals surface area contributed by atoms with Crippen LogP contribution >= 0.6 is 23.6 Å². The van der Waals surface area contributed by atoms with Gasteiger partial charge in [0.1, 0.15) is 16.3 Å². The van der Waals surface area contributed by atoms with Crippen molar-refractivity contribution in [2.75, 3.05) is 18.6 Å². The molecule has 2 aromatic heterocycles. The number of methoxy groups -OCH3 is 1. The molecule has 1 aliphatic heterocycles. The Kier molecular flexibility index (Phi) is 7.42. The van der Waals surface area contributed by atoms with Crippen molar-refractivity contribution >= 4 is 58.2 Å². The van der Waals surface area contributed by atoms with E-state index in [2.05, 4.69) is 5.32 Å². The van der Waals surface area contributed by atoms with Gasteiger partial charge in [-0.1, -0.05) is 0 Å².